The second-order valence-electron chi connectivity index (χ2n) is 6.61. The van der Waals surface area contributed by atoms with Crippen LogP contribution in [0.2, 0.25) is 0 Å². The Morgan fingerprint density at radius 1 is 1.00 bits per heavy atom. The monoisotopic (exact) mass is 339 g/mol. The molecule has 5 heteroatoms. The smallest absolute Gasteiger partial charge is 0.165 e. The molecule has 0 aliphatic carbocycles. The summed E-state index contributed by atoms with van der Waals surface area (Å²) in [6, 6.07) is 10.4. The van der Waals surface area contributed by atoms with Crippen LogP contribution in [0, 0.1) is 0 Å². The van der Waals surface area contributed by atoms with E-state index in [1.807, 2.05) is 18.3 Å². The molecule has 2 aliphatic rings. The van der Waals surface area contributed by atoms with Crippen molar-refractivity contribution in [2.45, 2.75) is 32.4 Å². The van der Waals surface area contributed by atoms with Crippen molar-refractivity contribution < 1.29 is 9.47 Å². The molecule has 1 N–H and O–H groups in total. The predicted molar refractivity (Wildman–Crippen MR) is 98.3 cm³/mol. The third-order valence-electron chi connectivity index (χ3n) is 4.78. The second kappa shape index (κ2) is 7.74. The SMILES string of the molecule is c1cc(CNCc2ccnc(N3CCCCC3)c2)c2c(c1)OCCO2. The molecule has 132 valence electrons. The van der Waals surface area contributed by atoms with Crippen molar-refractivity contribution in [1.29, 1.82) is 0 Å². The summed E-state index contributed by atoms with van der Waals surface area (Å²) < 4.78 is 11.4. The van der Waals surface area contributed by atoms with Gasteiger partial charge in [0.2, 0.25) is 0 Å². The van der Waals surface area contributed by atoms with Gasteiger partial charge in [0.1, 0.15) is 19.0 Å². The van der Waals surface area contributed by atoms with E-state index in [0.29, 0.717) is 13.2 Å². The number of ether oxygens (including phenoxy) is 2. The van der Waals surface area contributed by atoms with Gasteiger partial charge in [-0.15, -0.1) is 0 Å². The van der Waals surface area contributed by atoms with E-state index >= 15 is 0 Å². The highest BCUT2D eigenvalue weighted by molar-refractivity contribution is 5.47. The predicted octanol–water partition coefficient (Wildman–Crippen LogP) is 3.13. The zero-order valence-electron chi connectivity index (χ0n) is 14.5. The average molecular weight is 339 g/mol. The van der Waals surface area contributed by atoms with Gasteiger partial charge in [0.15, 0.2) is 11.5 Å². The van der Waals surface area contributed by atoms with Crippen LogP contribution in [0.5, 0.6) is 11.5 Å². The Balaban J connectivity index is 1.37. The minimum absolute atomic E-state index is 0.619. The van der Waals surface area contributed by atoms with Crippen molar-refractivity contribution in [1.82, 2.24) is 10.3 Å². The highest BCUT2D eigenvalue weighted by atomic mass is 16.6. The summed E-state index contributed by atoms with van der Waals surface area (Å²) in [5.74, 6) is 2.83. The molecule has 1 saturated heterocycles. The highest BCUT2D eigenvalue weighted by Gasteiger charge is 2.15. The Bertz CT molecular complexity index is 714. The van der Waals surface area contributed by atoms with Crippen LogP contribution in [0.25, 0.3) is 0 Å². The minimum atomic E-state index is 0.619. The van der Waals surface area contributed by atoms with Crippen molar-refractivity contribution >= 4 is 5.82 Å². The fourth-order valence-electron chi connectivity index (χ4n) is 3.48. The zero-order valence-corrected chi connectivity index (χ0v) is 14.5. The number of hydrogen-bond donors (Lipinski definition) is 1. The van der Waals surface area contributed by atoms with E-state index in [1.54, 1.807) is 0 Å². The largest absolute Gasteiger partial charge is 0.486 e. The number of hydrogen-bond acceptors (Lipinski definition) is 5. The van der Waals surface area contributed by atoms with Crippen LogP contribution in [-0.4, -0.2) is 31.3 Å². The normalized spacial score (nSPS) is 16.7. The number of anilines is 1. The van der Waals surface area contributed by atoms with Gasteiger partial charge in [0, 0.05) is 37.9 Å². The van der Waals surface area contributed by atoms with Crippen LogP contribution in [0.3, 0.4) is 0 Å². The summed E-state index contributed by atoms with van der Waals surface area (Å²) >= 11 is 0. The molecule has 2 aromatic rings. The van der Waals surface area contributed by atoms with Gasteiger partial charge in [0.05, 0.1) is 0 Å². The Morgan fingerprint density at radius 2 is 1.88 bits per heavy atom. The maximum Gasteiger partial charge on any atom is 0.165 e. The van der Waals surface area contributed by atoms with Crippen molar-refractivity contribution in [3.05, 3.63) is 47.7 Å². The molecule has 1 fully saturated rings. The summed E-state index contributed by atoms with van der Waals surface area (Å²) in [6.45, 7) is 5.06. The van der Waals surface area contributed by atoms with E-state index < -0.39 is 0 Å². The Labute approximate surface area is 149 Å². The summed E-state index contributed by atoms with van der Waals surface area (Å²) in [6.07, 6.45) is 5.80. The number of fused-ring (bicyclic) bond motifs is 1. The third kappa shape index (κ3) is 3.87. The van der Waals surface area contributed by atoms with Crippen LogP contribution < -0.4 is 19.7 Å². The molecule has 0 bridgehead atoms. The first-order chi connectivity index (χ1) is 12.4. The van der Waals surface area contributed by atoms with Crippen molar-refractivity contribution in [2.24, 2.45) is 0 Å². The van der Waals surface area contributed by atoms with Crippen LogP contribution in [0.15, 0.2) is 36.5 Å². The fourth-order valence-corrected chi connectivity index (χ4v) is 3.48. The number of para-hydroxylation sites is 1. The number of rotatable bonds is 5. The first-order valence-corrected chi connectivity index (χ1v) is 9.18. The highest BCUT2D eigenvalue weighted by Crippen LogP contribution is 2.33. The Morgan fingerprint density at radius 3 is 2.80 bits per heavy atom. The van der Waals surface area contributed by atoms with E-state index in [1.165, 1.54) is 24.8 Å². The lowest BCUT2D eigenvalue weighted by Crippen LogP contribution is -2.30. The summed E-state index contributed by atoms with van der Waals surface area (Å²) in [5.41, 5.74) is 2.40. The summed E-state index contributed by atoms with van der Waals surface area (Å²) in [4.78, 5) is 6.94. The molecular formula is C20H25N3O2. The van der Waals surface area contributed by atoms with Crippen molar-refractivity contribution in [2.75, 3.05) is 31.2 Å². The summed E-state index contributed by atoms with van der Waals surface area (Å²) in [5, 5.41) is 3.52. The number of piperidine rings is 1. The van der Waals surface area contributed by atoms with E-state index in [9.17, 15) is 0 Å². The first kappa shape index (κ1) is 16.2. The molecule has 4 rings (SSSR count). The fraction of sp³-hybridized carbons (Fsp3) is 0.450. The maximum atomic E-state index is 5.77. The van der Waals surface area contributed by atoms with Gasteiger partial charge in [-0.3, -0.25) is 0 Å². The topological polar surface area (TPSA) is 46.6 Å². The lowest BCUT2D eigenvalue weighted by molar-refractivity contribution is 0.169. The van der Waals surface area contributed by atoms with Crippen molar-refractivity contribution in [3.8, 4) is 11.5 Å². The third-order valence-corrected chi connectivity index (χ3v) is 4.78. The standard InChI is InChI=1S/C20H25N3O2/c1-2-9-23(10-3-1)19-13-16(7-8-22-19)14-21-15-17-5-4-6-18-20(17)25-12-11-24-18/h4-8,13,21H,1-3,9-12,14-15H2. The molecule has 0 unspecified atom stereocenters. The number of benzene rings is 1. The molecule has 1 aromatic carbocycles. The maximum absolute atomic E-state index is 5.77. The lowest BCUT2D eigenvalue weighted by Gasteiger charge is -2.28. The van der Waals surface area contributed by atoms with E-state index in [0.717, 1.165) is 49.1 Å². The van der Waals surface area contributed by atoms with E-state index in [-0.39, 0.29) is 0 Å². The van der Waals surface area contributed by atoms with E-state index in [4.69, 9.17) is 9.47 Å². The lowest BCUT2D eigenvalue weighted by atomic mass is 10.1. The van der Waals surface area contributed by atoms with Crippen LogP contribution >= 0.6 is 0 Å². The quantitative estimate of drug-likeness (QED) is 0.907. The average Bonchev–Trinajstić information content (AvgIpc) is 2.69. The molecule has 0 spiro atoms. The minimum Gasteiger partial charge on any atom is -0.486 e. The molecule has 3 heterocycles. The Kier molecular flexibility index (Phi) is 5.02. The van der Waals surface area contributed by atoms with Gasteiger partial charge >= 0.3 is 0 Å². The van der Waals surface area contributed by atoms with Gasteiger partial charge in [-0.2, -0.15) is 0 Å². The molecule has 0 atom stereocenters. The van der Waals surface area contributed by atoms with Gasteiger partial charge < -0.3 is 19.7 Å². The zero-order chi connectivity index (χ0) is 16.9. The Hall–Kier alpha value is -2.27. The van der Waals surface area contributed by atoms with Gasteiger partial charge in [0.25, 0.3) is 0 Å². The van der Waals surface area contributed by atoms with Crippen LogP contribution in [-0.2, 0) is 13.1 Å². The molecule has 0 saturated carbocycles. The van der Waals surface area contributed by atoms with Crippen LogP contribution in [0.4, 0.5) is 5.82 Å². The van der Waals surface area contributed by atoms with E-state index in [2.05, 4.69) is 33.4 Å². The molecule has 2 aliphatic heterocycles. The molecule has 0 radical (unpaired) electrons. The number of aromatic nitrogens is 1. The van der Waals surface area contributed by atoms with Gasteiger partial charge in [-0.1, -0.05) is 12.1 Å². The molecule has 1 aromatic heterocycles. The second-order valence-corrected chi connectivity index (χ2v) is 6.61. The number of pyridine rings is 1. The van der Waals surface area contributed by atoms with Gasteiger partial charge in [-0.25, -0.2) is 4.98 Å². The number of nitrogens with zero attached hydrogens (tertiary/aromatic N) is 2. The molecule has 0 amide bonds. The summed E-state index contributed by atoms with van der Waals surface area (Å²) in [7, 11) is 0. The molecule has 5 nitrogen and oxygen atoms in total. The number of nitrogens with one attached hydrogen (secondary N) is 1. The van der Waals surface area contributed by atoms with Gasteiger partial charge in [-0.05, 0) is 43.0 Å². The van der Waals surface area contributed by atoms with Crippen LogP contribution in [0.1, 0.15) is 30.4 Å². The molecular weight excluding hydrogens is 314 g/mol. The first-order valence-electron chi connectivity index (χ1n) is 9.18. The molecule has 25 heavy (non-hydrogen) atoms. The van der Waals surface area contributed by atoms with Crippen molar-refractivity contribution in [3.63, 3.8) is 0 Å².